The van der Waals surface area contributed by atoms with Gasteiger partial charge in [-0.1, -0.05) is 6.07 Å². The Morgan fingerprint density at radius 2 is 2.00 bits per heavy atom. The highest BCUT2D eigenvalue weighted by Gasteiger charge is 2.24. The maximum atomic E-state index is 11.5. The highest BCUT2D eigenvalue weighted by Crippen LogP contribution is 2.31. The number of morpholine rings is 1. The molecule has 0 bridgehead atoms. The van der Waals surface area contributed by atoms with Gasteiger partial charge in [0.25, 0.3) is 0 Å². The summed E-state index contributed by atoms with van der Waals surface area (Å²) < 4.78 is 16.1. The zero-order valence-corrected chi connectivity index (χ0v) is 17.7. The van der Waals surface area contributed by atoms with E-state index in [0.717, 1.165) is 44.8 Å². The number of anilines is 1. The minimum Gasteiger partial charge on any atom is -0.493 e. The van der Waals surface area contributed by atoms with Gasteiger partial charge in [-0.3, -0.25) is 4.90 Å². The summed E-state index contributed by atoms with van der Waals surface area (Å²) in [5.41, 5.74) is 0.953. The summed E-state index contributed by atoms with van der Waals surface area (Å²) in [5.74, 6) is 2.05. The summed E-state index contributed by atoms with van der Waals surface area (Å²) in [6, 6.07) is 5.66. The minimum absolute atomic E-state index is 0.0839. The van der Waals surface area contributed by atoms with Gasteiger partial charge in [-0.05, 0) is 29.0 Å². The third-order valence-corrected chi connectivity index (χ3v) is 5.09. The number of H-pyrrole nitrogens is 1. The van der Waals surface area contributed by atoms with E-state index in [1.54, 1.807) is 21.1 Å². The normalized spacial score (nSPS) is 14.5. The molecule has 1 N–H and O–H groups in total. The molecule has 1 aromatic carbocycles. The number of nitrogens with zero attached hydrogens (tertiary/aromatic N) is 4. The van der Waals surface area contributed by atoms with Crippen molar-refractivity contribution in [2.24, 2.45) is 0 Å². The standard InChI is InChI=1S/C20H29N5O5/c1-15-21-19(20(22-15)25(26)27)24(8-4-7-23-9-11-30-12-10-23)14-16-5-6-17(28-2)18(13-16)29-3/h5-6,13H,4,7-12,14H2,1-3H3,(H,21,22). The van der Waals surface area contributed by atoms with Crippen molar-refractivity contribution in [1.29, 1.82) is 0 Å². The van der Waals surface area contributed by atoms with Crippen LogP contribution in [0.15, 0.2) is 18.2 Å². The zero-order chi connectivity index (χ0) is 21.5. The first-order valence-corrected chi connectivity index (χ1v) is 9.98. The number of aryl methyl sites for hydroxylation is 1. The molecule has 10 nitrogen and oxygen atoms in total. The molecule has 0 atom stereocenters. The third kappa shape index (κ3) is 5.39. The molecule has 1 fully saturated rings. The minimum atomic E-state index is -0.418. The van der Waals surface area contributed by atoms with Crippen molar-refractivity contribution < 1.29 is 19.1 Å². The van der Waals surface area contributed by atoms with Crippen molar-refractivity contribution in [2.75, 3.05) is 58.5 Å². The molecular formula is C20H29N5O5. The van der Waals surface area contributed by atoms with E-state index >= 15 is 0 Å². The average Bonchev–Trinajstić information content (AvgIpc) is 3.15. The van der Waals surface area contributed by atoms with Gasteiger partial charge < -0.3 is 29.2 Å². The second-order valence-electron chi connectivity index (χ2n) is 7.17. The van der Waals surface area contributed by atoms with Crippen LogP contribution in [0.25, 0.3) is 0 Å². The topological polar surface area (TPSA) is 106 Å². The molecule has 10 heteroatoms. The Morgan fingerprint density at radius 1 is 1.27 bits per heavy atom. The van der Waals surface area contributed by atoms with Crippen LogP contribution < -0.4 is 14.4 Å². The number of methoxy groups -OCH3 is 2. The molecule has 1 saturated heterocycles. The molecule has 1 aromatic heterocycles. The summed E-state index contributed by atoms with van der Waals surface area (Å²) in [6.07, 6.45) is 0.857. The zero-order valence-electron chi connectivity index (χ0n) is 17.7. The van der Waals surface area contributed by atoms with Crippen LogP contribution in [0, 0.1) is 17.0 Å². The number of imidazole rings is 1. The number of nitrogens with one attached hydrogen (secondary N) is 1. The van der Waals surface area contributed by atoms with Crippen molar-refractivity contribution >= 4 is 11.6 Å². The van der Waals surface area contributed by atoms with Crippen molar-refractivity contribution in [3.63, 3.8) is 0 Å². The van der Waals surface area contributed by atoms with E-state index in [9.17, 15) is 10.1 Å². The van der Waals surface area contributed by atoms with E-state index in [4.69, 9.17) is 14.2 Å². The number of aromatic nitrogens is 2. The SMILES string of the molecule is COc1ccc(CN(CCCN2CCOCC2)c2nc(C)[nH]c2[N+](=O)[O-])cc1OC. The number of rotatable bonds is 10. The fourth-order valence-corrected chi connectivity index (χ4v) is 3.58. The number of ether oxygens (including phenoxy) is 3. The van der Waals surface area contributed by atoms with E-state index in [-0.39, 0.29) is 5.82 Å². The molecule has 0 spiro atoms. The van der Waals surface area contributed by atoms with Crippen molar-refractivity contribution in [2.45, 2.75) is 19.9 Å². The molecule has 30 heavy (non-hydrogen) atoms. The summed E-state index contributed by atoms with van der Waals surface area (Å²) in [5, 5.41) is 11.5. The lowest BCUT2D eigenvalue weighted by atomic mass is 10.1. The maximum absolute atomic E-state index is 11.5. The Bertz CT molecular complexity index is 850. The lowest BCUT2D eigenvalue weighted by molar-refractivity contribution is -0.388. The lowest BCUT2D eigenvalue weighted by Crippen LogP contribution is -2.38. The van der Waals surface area contributed by atoms with Crippen LogP contribution >= 0.6 is 0 Å². The first-order chi connectivity index (χ1) is 14.5. The predicted molar refractivity (Wildman–Crippen MR) is 112 cm³/mol. The van der Waals surface area contributed by atoms with Gasteiger partial charge in [0.05, 0.1) is 27.4 Å². The molecule has 164 valence electrons. The highest BCUT2D eigenvalue weighted by atomic mass is 16.6. The molecular weight excluding hydrogens is 390 g/mol. The van der Waals surface area contributed by atoms with Crippen molar-refractivity contribution in [1.82, 2.24) is 14.9 Å². The fraction of sp³-hybridized carbons (Fsp3) is 0.550. The summed E-state index contributed by atoms with van der Waals surface area (Å²) in [6.45, 7) is 7.06. The summed E-state index contributed by atoms with van der Waals surface area (Å²) >= 11 is 0. The molecule has 1 aliphatic rings. The molecule has 2 heterocycles. The van der Waals surface area contributed by atoms with Crippen molar-refractivity contribution in [3.8, 4) is 11.5 Å². The smallest absolute Gasteiger partial charge is 0.365 e. The van der Waals surface area contributed by atoms with Gasteiger partial charge in [-0.2, -0.15) is 4.98 Å². The summed E-state index contributed by atoms with van der Waals surface area (Å²) in [4.78, 5) is 22.6. The van der Waals surface area contributed by atoms with Crippen LogP contribution in [0.3, 0.4) is 0 Å². The Hall–Kier alpha value is -2.85. The monoisotopic (exact) mass is 419 g/mol. The second kappa shape index (κ2) is 10.3. The highest BCUT2D eigenvalue weighted by molar-refractivity contribution is 5.55. The van der Waals surface area contributed by atoms with Gasteiger partial charge in [-0.25, -0.2) is 4.98 Å². The maximum Gasteiger partial charge on any atom is 0.365 e. The molecule has 3 rings (SSSR count). The molecule has 0 radical (unpaired) electrons. The van der Waals surface area contributed by atoms with Gasteiger partial charge >= 0.3 is 5.82 Å². The lowest BCUT2D eigenvalue weighted by Gasteiger charge is -2.28. The molecule has 0 saturated carbocycles. The Labute approximate surface area is 175 Å². The van der Waals surface area contributed by atoms with Gasteiger partial charge in [0.2, 0.25) is 5.82 Å². The third-order valence-electron chi connectivity index (χ3n) is 5.09. The van der Waals surface area contributed by atoms with Crippen LogP contribution in [-0.2, 0) is 11.3 Å². The largest absolute Gasteiger partial charge is 0.493 e. The molecule has 0 amide bonds. The van der Waals surface area contributed by atoms with Gasteiger partial charge in [0.15, 0.2) is 17.3 Å². The van der Waals surface area contributed by atoms with E-state index in [0.29, 0.717) is 36.2 Å². The van der Waals surface area contributed by atoms with E-state index in [1.165, 1.54) is 0 Å². The number of hydrogen-bond acceptors (Lipinski definition) is 8. The number of hydrogen-bond donors (Lipinski definition) is 1. The summed E-state index contributed by atoms with van der Waals surface area (Å²) in [7, 11) is 3.18. The number of aromatic amines is 1. The Kier molecular flexibility index (Phi) is 7.47. The molecule has 0 unspecified atom stereocenters. The fourth-order valence-electron chi connectivity index (χ4n) is 3.58. The first-order valence-electron chi connectivity index (χ1n) is 9.98. The Morgan fingerprint density at radius 3 is 2.67 bits per heavy atom. The van der Waals surface area contributed by atoms with Crippen LogP contribution in [-0.4, -0.2) is 73.4 Å². The van der Waals surface area contributed by atoms with Crippen molar-refractivity contribution in [3.05, 3.63) is 39.7 Å². The van der Waals surface area contributed by atoms with Crippen LogP contribution in [0.2, 0.25) is 0 Å². The predicted octanol–water partition coefficient (Wildman–Crippen LogP) is 2.37. The number of benzene rings is 1. The van der Waals surface area contributed by atoms with Crippen LogP contribution in [0.5, 0.6) is 11.5 Å². The van der Waals surface area contributed by atoms with Gasteiger partial charge in [0, 0.05) is 39.6 Å². The first kappa shape index (κ1) is 21.8. The van der Waals surface area contributed by atoms with E-state index in [1.807, 2.05) is 23.1 Å². The van der Waals surface area contributed by atoms with Crippen LogP contribution in [0.4, 0.5) is 11.6 Å². The molecule has 0 aliphatic carbocycles. The van der Waals surface area contributed by atoms with E-state index < -0.39 is 4.92 Å². The van der Waals surface area contributed by atoms with E-state index in [2.05, 4.69) is 14.9 Å². The van der Waals surface area contributed by atoms with Gasteiger partial charge in [0.1, 0.15) is 0 Å². The molecule has 2 aromatic rings. The second-order valence-corrected chi connectivity index (χ2v) is 7.17. The quantitative estimate of drug-likeness (QED) is 0.462. The average molecular weight is 419 g/mol. The van der Waals surface area contributed by atoms with Gasteiger partial charge in [-0.15, -0.1) is 0 Å². The number of nitro groups is 1. The molecule has 1 aliphatic heterocycles. The van der Waals surface area contributed by atoms with Crippen LogP contribution in [0.1, 0.15) is 17.8 Å². The Balaban J connectivity index is 1.79.